The van der Waals surface area contributed by atoms with E-state index in [-0.39, 0.29) is 12.5 Å². The van der Waals surface area contributed by atoms with Crippen molar-refractivity contribution in [2.24, 2.45) is 0 Å². The van der Waals surface area contributed by atoms with Gasteiger partial charge in [0.2, 0.25) is 0 Å². The minimum atomic E-state index is -0.0469. The highest BCUT2D eigenvalue weighted by atomic mass is 16.3. The van der Waals surface area contributed by atoms with E-state index in [2.05, 4.69) is 18.9 Å². The van der Waals surface area contributed by atoms with Gasteiger partial charge < -0.3 is 10.0 Å². The molecule has 1 N–H and O–H groups in total. The molecule has 2 rings (SSSR count). The minimum absolute atomic E-state index is 0.00841. The monoisotopic (exact) mass is 279 g/mol. The van der Waals surface area contributed by atoms with E-state index in [1.54, 1.807) is 4.90 Å². The highest BCUT2D eigenvalue weighted by Gasteiger charge is 2.33. The third kappa shape index (κ3) is 3.03. The molecule has 0 saturated heterocycles. The van der Waals surface area contributed by atoms with Gasteiger partial charge in [-0.1, -0.05) is 13.8 Å². The fourth-order valence-electron chi connectivity index (χ4n) is 2.69. The van der Waals surface area contributed by atoms with E-state index >= 15 is 0 Å². The van der Waals surface area contributed by atoms with Gasteiger partial charge in [0.15, 0.2) is 5.69 Å². The number of carbonyl (C=O) groups is 1. The molecule has 1 aromatic heterocycles. The Morgan fingerprint density at radius 3 is 2.65 bits per heavy atom. The predicted octanol–water partition coefficient (Wildman–Crippen LogP) is 2.15. The van der Waals surface area contributed by atoms with E-state index in [1.807, 2.05) is 17.7 Å². The van der Waals surface area contributed by atoms with Crippen LogP contribution in [-0.2, 0) is 0 Å². The van der Waals surface area contributed by atoms with Crippen LogP contribution in [0, 0.1) is 6.92 Å². The van der Waals surface area contributed by atoms with Gasteiger partial charge in [0, 0.05) is 18.3 Å². The first-order chi connectivity index (χ1) is 9.62. The van der Waals surface area contributed by atoms with Crippen LogP contribution in [0.1, 0.15) is 61.8 Å². The lowest BCUT2D eigenvalue weighted by Crippen LogP contribution is -2.35. The smallest absolute Gasteiger partial charge is 0.274 e. The second-order valence-electron chi connectivity index (χ2n) is 5.54. The maximum absolute atomic E-state index is 12.5. The van der Waals surface area contributed by atoms with E-state index < -0.39 is 0 Å². The normalized spacial score (nSPS) is 14.8. The molecular weight excluding hydrogens is 254 g/mol. The lowest BCUT2D eigenvalue weighted by Gasteiger charge is -2.20. The number of nitrogens with zero attached hydrogens (tertiary/aromatic N) is 3. The van der Waals surface area contributed by atoms with Crippen molar-refractivity contribution in [1.29, 1.82) is 0 Å². The number of hydrogen-bond donors (Lipinski definition) is 1. The molecule has 1 fully saturated rings. The molecule has 0 unspecified atom stereocenters. The van der Waals surface area contributed by atoms with E-state index in [0.717, 1.165) is 31.4 Å². The van der Waals surface area contributed by atoms with Crippen molar-refractivity contribution in [2.75, 3.05) is 13.2 Å². The summed E-state index contributed by atoms with van der Waals surface area (Å²) in [6.07, 6.45) is 4.10. The Hall–Kier alpha value is -1.36. The molecule has 0 spiro atoms. The molecule has 0 atom stereocenters. The first-order valence-corrected chi connectivity index (χ1v) is 7.60. The van der Waals surface area contributed by atoms with Crippen LogP contribution in [0.4, 0.5) is 0 Å². The quantitative estimate of drug-likeness (QED) is 0.832. The topological polar surface area (TPSA) is 58.4 Å². The van der Waals surface area contributed by atoms with E-state index in [4.69, 9.17) is 5.11 Å². The van der Waals surface area contributed by atoms with Crippen LogP contribution in [0.2, 0.25) is 0 Å². The zero-order valence-electron chi connectivity index (χ0n) is 12.7. The Bertz CT molecular complexity index is 462. The van der Waals surface area contributed by atoms with Crippen molar-refractivity contribution in [3.05, 3.63) is 17.5 Å². The molecule has 1 aliphatic rings. The Morgan fingerprint density at radius 1 is 1.50 bits per heavy atom. The summed E-state index contributed by atoms with van der Waals surface area (Å²) in [7, 11) is 0. The number of amides is 1. The van der Waals surface area contributed by atoms with Crippen LogP contribution in [-0.4, -0.2) is 44.9 Å². The largest absolute Gasteiger partial charge is 0.395 e. The molecule has 5 nitrogen and oxygen atoms in total. The average Bonchev–Trinajstić information content (AvgIpc) is 3.21. The summed E-state index contributed by atoms with van der Waals surface area (Å²) in [6.45, 7) is 6.68. The molecule has 5 heteroatoms. The van der Waals surface area contributed by atoms with E-state index in [9.17, 15) is 4.79 Å². The van der Waals surface area contributed by atoms with Gasteiger partial charge in [-0.2, -0.15) is 5.10 Å². The van der Waals surface area contributed by atoms with Gasteiger partial charge in [-0.25, -0.2) is 0 Å². The molecule has 0 aromatic carbocycles. The minimum Gasteiger partial charge on any atom is -0.395 e. The van der Waals surface area contributed by atoms with Gasteiger partial charge >= 0.3 is 0 Å². The molecule has 1 aliphatic carbocycles. The number of rotatable bonds is 7. The van der Waals surface area contributed by atoms with Crippen molar-refractivity contribution < 1.29 is 9.90 Å². The highest BCUT2D eigenvalue weighted by Crippen LogP contribution is 2.28. The van der Waals surface area contributed by atoms with Crippen molar-refractivity contribution >= 4 is 5.91 Å². The molecule has 1 aromatic rings. The number of carbonyl (C=O) groups excluding carboxylic acids is 1. The van der Waals surface area contributed by atoms with Gasteiger partial charge in [0.25, 0.3) is 5.91 Å². The SMILES string of the molecule is CCC(CC)n1nc(C(=O)N(CCO)C2CC2)cc1C. The summed E-state index contributed by atoms with van der Waals surface area (Å²) in [5, 5.41) is 13.6. The zero-order chi connectivity index (χ0) is 14.7. The third-order valence-corrected chi connectivity index (χ3v) is 4.02. The van der Waals surface area contributed by atoms with Crippen LogP contribution in [0.5, 0.6) is 0 Å². The second kappa shape index (κ2) is 6.39. The van der Waals surface area contributed by atoms with Crippen molar-refractivity contribution in [2.45, 2.75) is 58.5 Å². The molecule has 0 radical (unpaired) electrons. The molecule has 0 bridgehead atoms. The Kier molecular flexibility index (Phi) is 4.81. The summed E-state index contributed by atoms with van der Waals surface area (Å²) in [5.41, 5.74) is 1.54. The van der Waals surface area contributed by atoms with Gasteiger partial charge in [-0.15, -0.1) is 0 Å². The predicted molar refractivity (Wildman–Crippen MR) is 77.7 cm³/mol. The van der Waals surface area contributed by atoms with E-state index in [1.165, 1.54) is 0 Å². The Balaban J connectivity index is 2.19. The summed E-state index contributed by atoms with van der Waals surface area (Å²) >= 11 is 0. The number of aromatic nitrogens is 2. The Morgan fingerprint density at radius 2 is 2.15 bits per heavy atom. The van der Waals surface area contributed by atoms with Crippen LogP contribution in [0.3, 0.4) is 0 Å². The lowest BCUT2D eigenvalue weighted by molar-refractivity contribution is 0.0700. The standard InChI is InChI=1S/C15H25N3O2/c1-4-12(5-2)18-11(3)10-14(16-18)15(20)17(8-9-19)13-6-7-13/h10,12-13,19H,4-9H2,1-3H3. The maximum Gasteiger partial charge on any atom is 0.274 e. The fraction of sp³-hybridized carbons (Fsp3) is 0.733. The summed E-state index contributed by atoms with van der Waals surface area (Å²) in [4.78, 5) is 14.3. The van der Waals surface area contributed by atoms with Crippen LogP contribution in [0.25, 0.3) is 0 Å². The van der Waals surface area contributed by atoms with Crippen molar-refractivity contribution in [1.82, 2.24) is 14.7 Å². The fourth-order valence-corrected chi connectivity index (χ4v) is 2.69. The number of aliphatic hydroxyl groups is 1. The molecule has 1 heterocycles. The summed E-state index contributed by atoms with van der Waals surface area (Å²) in [6, 6.07) is 2.52. The highest BCUT2D eigenvalue weighted by molar-refractivity contribution is 5.92. The second-order valence-corrected chi connectivity index (χ2v) is 5.54. The molecular formula is C15H25N3O2. The van der Waals surface area contributed by atoms with Crippen LogP contribution in [0.15, 0.2) is 6.07 Å². The molecule has 20 heavy (non-hydrogen) atoms. The average molecular weight is 279 g/mol. The number of hydrogen-bond acceptors (Lipinski definition) is 3. The van der Waals surface area contributed by atoms with Gasteiger partial charge in [0.05, 0.1) is 12.6 Å². The van der Waals surface area contributed by atoms with Gasteiger partial charge in [-0.3, -0.25) is 9.48 Å². The number of aliphatic hydroxyl groups excluding tert-OH is 1. The Labute approximate surface area is 120 Å². The van der Waals surface area contributed by atoms with Crippen molar-refractivity contribution in [3.63, 3.8) is 0 Å². The number of aryl methyl sites for hydroxylation is 1. The zero-order valence-corrected chi connectivity index (χ0v) is 12.7. The van der Waals surface area contributed by atoms with E-state index in [0.29, 0.717) is 24.3 Å². The van der Waals surface area contributed by atoms with Crippen LogP contribution < -0.4 is 0 Å². The third-order valence-electron chi connectivity index (χ3n) is 4.02. The maximum atomic E-state index is 12.5. The van der Waals surface area contributed by atoms with Crippen molar-refractivity contribution in [3.8, 4) is 0 Å². The molecule has 1 saturated carbocycles. The first-order valence-electron chi connectivity index (χ1n) is 7.60. The summed E-state index contributed by atoms with van der Waals surface area (Å²) in [5.74, 6) is -0.0469. The first kappa shape index (κ1) is 15.0. The summed E-state index contributed by atoms with van der Waals surface area (Å²) < 4.78 is 1.97. The van der Waals surface area contributed by atoms with Crippen LogP contribution >= 0.6 is 0 Å². The molecule has 1 amide bonds. The molecule has 112 valence electrons. The lowest BCUT2D eigenvalue weighted by atomic mass is 10.2. The van der Waals surface area contributed by atoms with Gasteiger partial charge in [0.1, 0.15) is 0 Å². The molecule has 0 aliphatic heterocycles. The van der Waals surface area contributed by atoms with Gasteiger partial charge in [-0.05, 0) is 38.7 Å².